The number of thioether (sulfide) groups is 2. The number of sulfone groups is 2. The molecule has 2 unspecified atom stereocenters. The van der Waals surface area contributed by atoms with E-state index >= 15 is 0 Å². The second kappa shape index (κ2) is 6.19. The highest BCUT2D eigenvalue weighted by atomic mass is 79.9. The maximum atomic E-state index is 12.0. The van der Waals surface area contributed by atoms with Gasteiger partial charge in [0.05, 0.1) is 16.3 Å². The molecule has 3 heterocycles. The topological polar surface area (TPSA) is 71.3 Å². The molecule has 0 amide bonds. The molecule has 3 saturated heterocycles. The van der Waals surface area contributed by atoms with Gasteiger partial charge in [-0.15, -0.1) is 0 Å². The van der Waals surface area contributed by atoms with Crippen LogP contribution in [0, 0.1) is 0 Å². The molecule has 0 aromatic heterocycles. The van der Waals surface area contributed by atoms with Crippen LogP contribution in [-0.2, 0) is 19.7 Å². The maximum Gasteiger partial charge on any atom is 0.271 e. The van der Waals surface area contributed by atoms with Crippen LogP contribution in [0.3, 0.4) is 0 Å². The van der Waals surface area contributed by atoms with Crippen molar-refractivity contribution in [2.75, 3.05) is 24.3 Å². The van der Waals surface area contributed by atoms with Crippen LogP contribution in [-0.4, -0.2) is 70.3 Å². The standard InChI is InChI=1S/C11H17BrNO4S4.BrH/c1-11-8(6-21(16,17)9(11)12)18-10(19-11)13(2)7-3-4-20(14,15)5-7;/h7-9H,3-6H2,1-2H3;1H/q+1;/p-1/t7?,8-,9?,11-;/m1./s1. The molecule has 0 aromatic rings. The van der Waals surface area contributed by atoms with Gasteiger partial charge in [0.1, 0.15) is 17.0 Å². The number of nitrogens with zero attached hydrogens (tertiary/aromatic N) is 1. The van der Waals surface area contributed by atoms with Gasteiger partial charge in [0, 0.05) is 11.7 Å². The molecule has 3 fully saturated rings. The van der Waals surface area contributed by atoms with Crippen molar-refractivity contribution in [2.45, 2.75) is 33.5 Å². The fourth-order valence-electron chi connectivity index (χ4n) is 2.95. The minimum absolute atomic E-state index is 0. The molecule has 0 aromatic carbocycles. The fourth-order valence-corrected chi connectivity index (χ4v) is 12.7. The van der Waals surface area contributed by atoms with Crippen LogP contribution in [0.1, 0.15) is 13.3 Å². The molecule has 4 atom stereocenters. The SMILES string of the molecule is C[N+](=C1S[C@@H]2CS(=O)(=O)C(Br)[C@]2(C)S1)C1CCS(=O)(=O)C1.[Br-]. The normalized spacial score (nSPS) is 44.4. The third-order valence-electron chi connectivity index (χ3n) is 4.38. The summed E-state index contributed by atoms with van der Waals surface area (Å²) in [7, 11) is -4.07. The van der Waals surface area contributed by atoms with Crippen LogP contribution in [0.2, 0.25) is 0 Å². The summed E-state index contributed by atoms with van der Waals surface area (Å²) in [5.41, 5.74) is 0. The van der Waals surface area contributed by atoms with Crippen molar-refractivity contribution in [3.8, 4) is 0 Å². The summed E-state index contributed by atoms with van der Waals surface area (Å²) in [5, 5.41) is 0.0207. The van der Waals surface area contributed by atoms with Crippen LogP contribution < -0.4 is 17.0 Å². The van der Waals surface area contributed by atoms with E-state index in [1.54, 1.807) is 23.5 Å². The summed E-state index contributed by atoms with van der Waals surface area (Å²) in [6.07, 6.45) is 0.654. The van der Waals surface area contributed by atoms with Gasteiger partial charge in [-0.25, -0.2) is 21.4 Å². The Morgan fingerprint density at radius 2 is 1.91 bits per heavy atom. The van der Waals surface area contributed by atoms with Crippen molar-refractivity contribution in [1.29, 1.82) is 0 Å². The Morgan fingerprint density at radius 1 is 1.27 bits per heavy atom. The molecule has 0 N–H and O–H groups in total. The Kier molecular flexibility index (Phi) is 5.50. The molecule has 0 spiro atoms. The second-order valence-corrected chi connectivity index (χ2v) is 14.8. The van der Waals surface area contributed by atoms with E-state index in [-0.39, 0.29) is 50.3 Å². The summed E-state index contributed by atoms with van der Waals surface area (Å²) in [6, 6.07) is 0.0119. The first-order chi connectivity index (χ1) is 9.55. The van der Waals surface area contributed by atoms with Crippen molar-refractivity contribution in [1.82, 2.24) is 0 Å². The fraction of sp³-hybridized carbons (Fsp3) is 0.909. The van der Waals surface area contributed by atoms with E-state index in [1.807, 2.05) is 18.5 Å². The zero-order valence-electron chi connectivity index (χ0n) is 12.0. The van der Waals surface area contributed by atoms with Crippen molar-refractivity contribution in [3.05, 3.63) is 0 Å². The molecule has 11 heteroatoms. The predicted molar refractivity (Wildman–Crippen MR) is 92.1 cm³/mol. The van der Waals surface area contributed by atoms with Crippen LogP contribution in [0.15, 0.2) is 0 Å². The second-order valence-electron chi connectivity index (χ2n) is 5.97. The molecule has 22 heavy (non-hydrogen) atoms. The first-order valence-corrected chi connectivity index (χ1v) is 12.7. The van der Waals surface area contributed by atoms with Crippen LogP contribution in [0.25, 0.3) is 0 Å². The Morgan fingerprint density at radius 3 is 2.41 bits per heavy atom. The molecule has 0 saturated carbocycles. The predicted octanol–water partition coefficient (Wildman–Crippen LogP) is -2.07. The smallest absolute Gasteiger partial charge is 0.271 e. The molecule has 3 aliphatic rings. The Bertz CT molecular complexity index is 720. The van der Waals surface area contributed by atoms with Crippen molar-refractivity contribution >= 4 is 63.5 Å². The lowest BCUT2D eigenvalue weighted by Crippen LogP contribution is -3.00. The van der Waals surface area contributed by atoms with Gasteiger partial charge in [0.2, 0.25) is 0 Å². The molecule has 0 radical (unpaired) electrons. The van der Waals surface area contributed by atoms with Gasteiger partial charge >= 0.3 is 0 Å². The number of halogens is 2. The summed E-state index contributed by atoms with van der Waals surface area (Å²) >= 11 is 6.51. The zero-order chi connectivity index (χ0) is 15.6. The average Bonchev–Trinajstić information content (AvgIpc) is 2.93. The van der Waals surface area contributed by atoms with E-state index in [4.69, 9.17) is 0 Å². The molecule has 0 aliphatic carbocycles. The number of alkyl halides is 1. The minimum Gasteiger partial charge on any atom is -1.00 e. The zero-order valence-corrected chi connectivity index (χ0v) is 18.5. The van der Waals surface area contributed by atoms with Gasteiger partial charge in [0.15, 0.2) is 25.7 Å². The van der Waals surface area contributed by atoms with Gasteiger partial charge in [-0.1, -0.05) is 15.9 Å². The number of hydrogen-bond acceptors (Lipinski definition) is 6. The van der Waals surface area contributed by atoms with Crippen molar-refractivity contribution in [3.63, 3.8) is 0 Å². The maximum absolute atomic E-state index is 12.0. The van der Waals surface area contributed by atoms with Crippen LogP contribution >= 0.6 is 39.5 Å². The van der Waals surface area contributed by atoms with Crippen molar-refractivity contribution < 1.29 is 38.4 Å². The highest BCUT2D eigenvalue weighted by Crippen LogP contribution is 2.57. The van der Waals surface area contributed by atoms with Gasteiger partial charge in [-0.05, 0) is 30.4 Å². The van der Waals surface area contributed by atoms with Crippen molar-refractivity contribution in [2.24, 2.45) is 0 Å². The summed E-state index contributed by atoms with van der Waals surface area (Å²) in [5.74, 6) is 0.629. The quantitative estimate of drug-likeness (QED) is 0.296. The monoisotopic (exact) mass is 513 g/mol. The molecule has 3 rings (SSSR count). The number of fused-ring (bicyclic) bond motifs is 1. The highest BCUT2D eigenvalue weighted by molar-refractivity contribution is 9.11. The van der Waals surface area contributed by atoms with E-state index in [0.717, 1.165) is 4.38 Å². The first kappa shape index (κ1) is 19.6. The van der Waals surface area contributed by atoms with Gasteiger partial charge in [-0.2, -0.15) is 0 Å². The van der Waals surface area contributed by atoms with E-state index in [9.17, 15) is 16.8 Å². The lowest BCUT2D eigenvalue weighted by atomic mass is 10.1. The first-order valence-electron chi connectivity index (χ1n) is 6.57. The summed E-state index contributed by atoms with van der Waals surface area (Å²) in [6.45, 7) is 1.98. The average molecular weight is 515 g/mol. The lowest BCUT2D eigenvalue weighted by molar-refractivity contribution is -0.526. The third kappa shape index (κ3) is 3.18. The summed E-state index contributed by atoms with van der Waals surface area (Å²) in [4.78, 5) is 0. The molecule has 3 aliphatic heterocycles. The molecular formula is C11H17Br2NO4S4. The van der Waals surface area contributed by atoms with E-state index < -0.39 is 23.8 Å². The Hall–Kier alpha value is 1.23. The van der Waals surface area contributed by atoms with Crippen LogP contribution in [0.4, 0.5) is 0 Å². The largest absolute Gasteiger partial charge is 1.00 e. The molecule has 0 bridgehead atoms. The third-order valence-corrected chi connectivity index (χ3v) is 14.9. The summed E-state index contributed by atoms with van der Waals surface area (Å²) < 4.78 is 49.4. The minimum atomic E-state index is -3.08. The molecular weight excluding hydrogens is 498 g/mol. The van der Waals surface area contributed by atoms with Gasteiger partial charge < -0.3 is 17.0 Å². The molecule has 5 nitrogen and oxygen atoms in total. The van der Waals surface area contributed by atoms with E-state index in [0.29, 0.717) is 6.42 Å². The van der Waals surface area contributed by atoms with E-state index in [1.165, 1.54) is 0 Å². The Labute approximate surface area is 158 Å². The van der Waals surface area contributed by atoms with E-state index in [2.05, 4.69) is 15.9 Å². The number of hydrogen-bond donors (Lipinski definition) is 0. The Balaban J connectivity index is 0.00000176. The van der Waals surface area contributed by atoms with Crippen LogP contribution in [0.5, 0.6) is 0 Å². The number of rotatable bonds is 1. The van der Waals surface area contributed by atoms with Gasteiger partial charge in [0.25, 0.3) is 4.38 Å². The highest BCUT2D eigenvalue weighted by Gasteiger charge is 2.62. The van der Waals surface area contributed by atoms with Gasteiger partial charge in [-0.3, -0.25) is 0 Å². The lowest BCUT2D eigenvalue weighted by Gasteiger charge is -2.21. The molecule has 128 valence electrons.